The van der Waals surface area contributed by atoms with Crippen LogP contribution >= 0.6 is 0 Å². The molecule has 6 rings (SSSR count). The van der Waals surface area contributed by atoms with Crippen molar-refractivity contribution in [2.75, 3.05) is 24.5 Å². The van der Waals surface area contributed by atoms with Gasteiger partial charge in [-0.1, -0.05) is 17.3 Å². The number of benzene rings is 2. The number of likely N-dealkylation sites (tertiary alicyclic amines) is 1. The molecule has 0 radical (unpaired) electrons. The van der Waals surface area contributed by atoms with E-state index in [0.717, 1.165) is 35.0 Å². The lowest BCUT2D eigenvalue weighted by molar-refractivity contribution is -0.136. The van der Waals surface area contributed by atoms with E-state index in [9.17, 15) is 9.59 Å². The van der Waals surface area contributed by atoms with Gasteiger partial charge in [0.25, 0.3) is 0 Å². The van der Waals surface area contributed by atoms with Crippen molar-refractivity contribution in [1.82, 2.24) is 24.8 Å². The lowest BCUT2D eigenvalue weighted by atomic mass is 9.95. The summed E-state index contributed by atoms with van der Waals surface area (Å²) in [6, 6.07) is 15.0. The van der Waals surface area contributed by atoms with Gasteiger partial charge in [-0.05, 0) is 50.1 Å². The second-order valence-electron chi connectivity index (χ2n) is 10.1. The van der Waals surface area contributed by atoms with Crippen molar-refractivity contribution in [3.05, 3.63) is 59.6 Å². The molecule has 38 heavy (non-hydrogen) atoms. The van der Waals surface area contributed by atoms with Crippen LogP contribution < -0.4 is 4.90 Å². The average Bonchev–Trinajstić information content (AvgIpc) is 3.66. The van der Waals surface area contributed by atoms with Gasteiger partial charge in [0, 0.05) is 55.7 Å². The number of aromatic nitrogens is 4. The van der Waals surface area contributed by atoms with Gasteiger partial charge in [-0.3, -0.25) is 14.3 Å². The number of carbonyl (C=O) groups is 2. The minimum absolute atomic E-state index is 0.0129. The minimum atomic E-state index is -0.366. The summed E-state index contributed by atoms with van der Waals surface area (Å²) in [5, 5.41) is 18.8. The van der Waals surface area contributed by atoms with Gasteiger partial charge >= 0.3 is 0 Å². The van der Waals surface area contributed by atoms with Gasteiger partial charge in [-0.2, -0.15) is 15.3 Å². The minimum Gasteiger partial charge on any atom is -0.342 e. The third-order valence-electron chi connectivity index (χ3n) is 7.67. The van der Waals surface area contributed by atoms with Crippen LogP contribution in [0, 0.1) is 24.2 Å². The van der Waals surface area contributed by atoms with E-state index in [1.165, 1.54) is 0 Å². The van der Waals surface area contributed by atoms with E-state index >= 15 is 0 Å². The van der Waals surface area contributed by atoms with Crippen molar-refractivity contribution >= 4 is 28.4 Å². The predicted molar refractivity (Wildman–Crippen MR) is 139 cm³/mol. The lowest BCUT2D eigenvalue weighted by Gasteiger charge is -2.32. The number of piperidine rings is 1. The van der Waals surface area contributed by atoms with Crippen molar-refractivity contribution < 1.29 is 14.1 Å². The average molecular weight is 510 g/mol. The summed E-state index contributed by atoms with van der Waals surface area (Å²) < 4.78 is 7.49. The number of amides is 2. The van der Waals surface area contributed by atoms with Gasteiger partial charge in [0.1, 0.15) is 0 Å². The zero-order chi connectivity index (χ0) is 26.4. The number of hydrogen-bond acceptors (Lipinski definition) is 7. The van der Waals surface area contributed by atoms with E-state index in [-0.39, 0.29) is 30.1 Å². The highest BCUT2D eigenvalue weighted by atomic mass is 16.5. The summed E-state index contributed by atoms with van der Waals surface area (Å²) in [7, 11) is 1.92. The Kier molecular flexibility index (Phi) is 5.91. The van der Waals surface area contributed by atoms with E-state index in [4.69, 9.17) is 9.78 Å². The SMILES string of the molecule is Cc1nn(C)c2cc(-c3noc(C4CCN(C(=O)C5CC(=O)N(c6ccc(C#N)cc6)C5)CC4)n3)ccc12. The van der Waals surface area contributed by atoms with E-state index in [1.807, 2.05) is 41.8 Å². The molecule has 2 amide bonds. The van der Waals surface area contributed by atoms with Crippen molar-refractivity contribution in [3.8, 4) is 17.5 Å². The van der Waals surface area contributed by atoms with Gasteiger partial charge in [-0.25, -0.2) is 0 Å². The van der Waals surface area contributed by atoms with Crippen molar-refractivity contribution in [2.45, 2.75) is 32.1 Å². The number of fused-ring (bicyclic) bond motifs is 1. The van der Waals surface area contributed by atoms with Crippen molar-refractivity contribution in [2.24, 2.45) is 13.0 Å². The Morgan fingerprint density at radius 2 is 1.89 bits per heavy atom. The van der Waals surface area contributed by atoms with Gasteiger partial charge in [0.2, 0.25) is 23.5 Å². The summed E-state index contributed by atoms with van der Waals surface area (Å²) in [6.45, 7) is 3.52. The first kappa shape index (κ1) is 23.9. The molecule has 0 saturated carbocycles. The van der Waals surface area contributed by atoms with Gasteiger partial charge < -0.3 is 14.3 Å². The zero-order valence-electron chi connectivity index (χ0n) is 21.3. The van der Waals surface area contributed by atoms with Crippen LogP contribution in [-0.2, 0) is 16.6 Å². The fourth-order valence-electron chi connectivity index (χ4n) is 5.54. The molecule has 2 saturated heterocycles. The second kappa shape index (κ2) is 9.41. The maximum Gasteiger partial charge on any atom is 0.230 e. The number of aryl methyl sites for hydroxylation is 2. The first-order chi connectivity index (χ1) is 18.4. The highest BCUT2D eigenvalue weighted by Gasteiger charge is 2.38. The van der Waals surface area contributed by atoms with Crippen LogP contribution in [-0.4, -0.2) is 56.3 Å². The molecule has 2 aromatic heterocycles. The molecule has 2 aliphatic rings. The Morgan fingerprint density at radius 3 is 2.63 bits per heavy atom. The summed E-state index contributed by atoms with van der Waals surface area (Å²) in [5.41, 5.74) is 4.12. The standard InChI is InChI=1S/C28H27N7O3/c1-17-23-8-5-20(13-24(23)33(2)31-17)26-30-27(38-32-26)19-9-11-34(12-10-19)28(37)21-14-25(36)35(16-21)22-6-3-18(15-29)4-7-22/h3-8,13,19,21H,9-12,14,16H2,1-2H3. The number of nitrogens with zero attached hydrogens (tertiary/aromatic N) is 7. The zero-order valence-corrected chi connectivity index (χ0v) is 21.3. The molecule has 10 nitrogen and oxygen atoms in total. The molecular weight excluding hydrogens is 482 g/mol. The number of anilines is 1. The van der Waals surface area contributed by atoms with E-state index in [2.05, 4.69) is 21.3 Å². The summed E-state index contributed by atoms with van der Waals surface area (Å²) in [4.78, 5) is 34.0. The monoisotopic (exact) mass is 509 g/mol. The Morgan fingerprint density at radius 1 is 1.13 bits per heavy atom. The second-order valence-corrected chi connectivity index (χ2v) is 10.1. The summed E-state index contributed by atoms with van der Waals surface area (Å²) in [6.07, 6.45) is 1.66. The highest BCUT2D eigenvalue weighted by molar-refractivity contribution is 6.00. The number of rotatable bonds is 4. The molecule has 2 aliphatic heterocycles. The Balaban J connectivity index is 1.08. The van der Waals surface area contributed by atoms with Crippen LogP contribution in [0.3, 0.4) is 0 Å². The maximum atomic E-state index is 13.2. The molecule has 2 fully saturated rings. The molecule has 0 bridgehead atoms. The maximum absolute atomic E-state index is 13.2. The highest BCUT2D eigenvalue weighted by Crippen LogP contribution is 2.32. The van der Waals surface area contributed by atoms with Gasteiger partial charge in [0.15, 0.2) is 0 Å². The smallest absolute Gasteiger partial charge is 0.230 e. The van der Waals surface area contributed by atoms with Crippen LogP contribution in [0.1, 0.15) is 42.3 Å². The lowest BCUT2D eigenvalue weighted by Crippen LogP contribution is -2.42. The van der Waals surface area contributed by atoms with Crippen LogP contribution in [0.15, 0.2) is 47.0 Å². The molecule has 0 aliphatic carbocycles. The number of hydrogen-bond donors (Lipinski definition) is 0. The van der Waals surface area contributed by atoms with Crippen LogP contribution in [0.2, 0.25) is 0 Å². The van der Waals surface area contributed by atoms with E-state index in [0.29, 0.717) is 42.6 Å². The fraction of sp³-hybridized carbons (Fsp3) is 0.357. The van der Waals surface area contributed by atoms with E-state index < -0.39 is 0 Å². The predicted octanol–water partition coefficient (Wildman–Crippen LogP) is 3.56. The van der Waals surface area contributed by atoms with Crippen LogP contribution in [0.25, 0.3) is 22.3 Å². The topological polar surface area (TPSA) is 121 Å². The fourth-order valence-corrected chi connectivity index (χ4v) is 5.54. The molecule has 0 spiro atoms. The Hall–Kier alpha value is -4.52. The number of carbonyl (C=O) groups excluding carboxylic acids is 2. The normalized spacial score (nSPS) is 18.3. The van der Waals surface area contributed by atoms with Crippen LogP contribution in [0.4, 0.5) is 5.69 Å². The molecular formula is C28H27N7O3. The summed E-state index contributed by atoms with van der Waals surface area (Å²) >= 11 is 0. The summed E-state index contributed by atoms with van der Waals surface area (Å²) in [5.74, 6) is 0.807. The van der Waals surface area contributed by atoms with Crippen molar-refractivity contribution in [1.29, 1.82) is 5.26 Å². The Labute approximate surface area is 219 Å². The molecule has 4 aromatic rings. The first-order valence-electron chi connectivity index (χ1n) is 12.8. The number of nitriles is 1. The molecule has 4 heterocycles. The molecule has 1 atom stereocenters. The molecule has 2 aromatic carbocycles. The molecule has 192 valence electrons. The molecule has 10 heteroatoms. The molecule has 1 unspecified atom stereocenters. The third kappa shape index (κ3) is 4.20. The molecule has 0 N–H and O–H groups in total. The first-order valence-corrected chi connectivity index (χ1v) is 12.8. The van der Waals surface area contributed by atoms with Gasteiger partial charge in [0.05, 0.1) is 28.8 Å². The third-order valence-corrected chi connectivity index (χ3v) is 7.67. The van der Waals surface area contributed by atoms with Crippen LogP contribution in [0.5, 0.6) is 0 Å². The van der Waals surface area contributed by atoms with Gasteiger partial charge in [-0.15, -0.1) is 0 Å². The van der Waals surface area contributed by atoms with E-state index in [1.54, 1.807) is 29.2 Å². The Bertz CT molecular complexity index is 1570. The largest absolute Gasteiger partial charge is 0.342 e. The quantitative estimate of drug-likeness (QED) is 0.412. The van der Waals surface area contributed by atoms with Crippen molar-refractivity contribution in [3.63, 3.8) is 0 Å².